The van der Waals surface area contributed by atoms with E-state index in [9.17, 15) is 4.79 Å². The number of likely N-dealkylation sites (N-methyl/N-ethyl adjacent to an activating group) is 1. The molecule has 3 aromatic rings. The fourth-order valence-electron chi connectivity index (χ4n) is 3.83. The van der Waals surface area contributed by atoms with Crippen LogP contribution in [0.4, 0.5) is 5.82 Å². The molecule has 0 aliphatic carbocycles. The number of aromatic amines is 1. The number of aromatic nitrogens is 3. The third kappa shape index (κ3) is 3.65. The lowest BCUT2D eigenvalue weighted by molar-refractivity contribution is -0.135. The second-order valence-electron chi connectivity index (χ2n) is 7.32. The molecule has 2 unspecified atom stereocenters. The fraction of sp³-hybridized carbons (Fsp3) is 0.381. The van der Waals surface area contributed by atoms with Crippen LogP contribution < -0.4 is 9.64 Å². The van der Waals surface area contributed by atoms with Crippen molar-refractivity contribution in [2.75, 3.05) is 31.6 Å². The van der Waals surface area contributed by atoms with Gasteiger partial charge in [-0.2, -0.15) is 0 Å². The van der Waals surface area contributed by atoms with Gasteiger partial charge < -0.3 is 19.5 Å². The van der Waals surface area contributed by atoms with E-state index >= 15 is 0 Å². The highest BCUT2D eigenvalue weighted by molar-refractivity contribution is 5.87. The maximum Gasteiger partial charge on any atom is 0.260 e. The van der Waals surface area contributed by atoms with Gasteiger partial charge in [0.1, 0.15) is 23.5 Å². The van der Waals surface area contributed by atoms with Gasteiger partial charge in [0.25, 0.3) is 5.91 Å². The lowest BCUT2D eigenvalue weighted by atomic mass is 9.92. The number of rotatable bonds is 5. The van der Waals surface area contributed by atoms with Crippen LogP contribution in [0.5, 0.6) is 5.75 Å². The average molecular weight is 379 g/mol. The molecule has 0 saturated carbocycles. The van der Waals surface area contributed by atoms with Crippen molar-refractivity contribution >= 4 is 22.8 Å². The Bertz CT molecular complexity index is 942. The Morgan fingerprint density at radius 3 is 2.93 bits per heavy atom. The highest BCUT2D eigenvalue weighted by Gasteiger charge is 2.32. The summed E-state index contributed by atoms with van der Waals surface area (Å²) in [6.45, 7) is 3.71. The second-order valence-corrected chi connectivity index (χ2v) is 7.32. The number of nitrogens with zero attached hydrogens (tertiary/aromatic N) is 4. The van der Waals surface area contributed by atoms with Gasteiger partial charge in [-0.1, -0.05) is 25.1 Å². The molecule has 1 amide bonds. The van der Waals surface area contributed by atoms with Crippen molar-refractivity contribution in [1.82, 2.24) is 19.9 Å². The minimum atomic E-state index is 0.0173. The van der Waals surface area contributed by atoms with Crippen molar-refractivity contribution in [1.29, 1.82) is 0 Å². The number of piperidine rings is 1. The Kier molecular flexibility index (Phi) is 5.14. The van der Waals surface area contributed by atoms with Crippen LogP contribution >= 0.6 is 0 Å². The number of hydrogen-bond donors (Lipinski definition) is 1. The smallest absolute Gasteiger partial charge is 0.260 e. The number of para-hydroxylation sites is 1. The van der Waals surface area contributed by atoms with Crippen LogP contribution in [-0.4, -0.2) is 58.5 Å². The number of carbonyl (C=O) groups excluding carboxylic acids is 1. The van der Waals surface area contributed by atoms with Crippen molar-refractivity contribution in [3.63, 3.8) is 0 Å². The Morgan fingerprint density at radius 2 is 2.11 bits per heavy atom. The van der Waals surface area contributed by atoms with Gasteiger partial charge in [0.05, 0.1) is 11.4 Å². The molecule has 1 aliphatic heterocycles. The van der Waals surface area contributed by atoms with Gasteiger partial charge in [-0.25, -0.2) is 9.97 Å². The maximum atomic E-state index is 12.7. The van der Waals surface area contributed by atoms with Crippen molar-refractivity contribution in [2.45, 2.75) is 19.4 Å². The monoisotopic (exact) mass is 379 g/mol. The first kappa shape index (κ1) is 18.3. The van der Waals surface area contributed by atoms with E-state index in [1.165, 1.54) is 0 Å². The first-order valence-electron chi connectivity index (χ1n) is 9.60. The molecule has 1 N–H and O–H groups in total. The molecule has 2 atom stereocenters. The summed E-state index contributed by atoms with van der Waals surface area (Å²) in [5, 5.41) is 0.994. The number of likely N-dealkylation sites (tertiary alicyclic amines) is 1. The summed E-state index contributed by atoms with van der Waals surface area (Å²) in [7, 11) is 2.05. The number of fused-ring (bicyclic) bond motifs is 1. The highest BCUT2D eigenvalue weighted by atomic mass is 16.5. The molecule has 0 bridgehead atoms. The van der Waals surface area contributed by atoms with Crippen LogP contribution in [0, 0.1) is 5.92 Å². The Morgan fingerprint density at radius 1 is 1.29 bits per heavy atom. The average Bonchev–Trinajstić information content (AvgIpc) is 3.21. The van der Waals surface area contributed by atoms with Gasteiger partial charge in [-0.05, 0) is 30.5 Å². The lowest BCUT2D eigenvalue weighted by Crippen LogP contribution is -2.53. The van der Waals surface area contributed by atoms with Crippen molar-refractivity contribution in [2.24, 2.45) is 5.92 Å². The Labute approximate surface area is 164 Å². The zero-order valence-electron chi connectivity index (χ0n) is 16.2. The molecule has 3 heterocycles. The normalized spacial score (nSPS) is 19.6. The zero-order chi connectivity index (χ0) is 19.5. The van der Waals surface area contributed by atoms with E-state index in [1.807, 2.05) is 54.5 Å². The van der Waals surface area contributed by atoms with Gasteiger partial charge in [-0.3, -0.25) is 4.79 Å². The standard InChI is InChI=1S/C21H25N5O2/c1-15-9-11-26(19(27)13-28-16-6-4-3-5-7-16)12-18(15)25(2)21-17-8-10-22-20(17)23-14-24-21/h3-8,10,14-15,18H,9,11-13H2,1-2H3,(H,22,23,24). The summed E-state index contributed by atoms with van der Waals surface area (Å²) in [4.78, 5) is 28.7. The van der Waals surface area contributed by atoms with E-state index in [0.29, 0.717) is 18.2 Å². The zero-order valence-corrected chi connectivity index (χ0v) is 16.2. The lowest BCUT2D eigenvalue weighted by Gasteiger charge is -2.42. The Hall–Kier alpha value is -3.09. The number of anilines is 1. The second kappa shape index (κ2) is 7.88. The molecular formula is C21H25N5O2. The maximum absolute atomic E-state index is 12.7. The Balaban J connectivity index is 1.45. The number of carbonyl (C=O) groups is 1. The highest BCUT2D eigenvalue weighted by Crippen LogP contribution is 2.28. The van der Waals surface area contributed by atoms with Gasteiger partial charge in [-0.15, -0.1) is 0 Å². The van der Waals surface area contributed by atoms with Crippen LogP contribution in [0.2, 0.25) is 0 Å². The van der Waals surface area contributed by atoms with E-state index in [0.717, 1.165) is 29.8 Å². The predicted octanol–water partition coefficient (Wildman–Crippen LogP) is 2.71. The molecule has 2 aromatic heterocycles. The minimum absolute atomic E-state index is 0.0173. The van der Waals surface area contributed by atoms with Crippen LogP contribution in [0.25, 0.3) is 11.0 Å². The van der Waals surface area contributed by atoms with E-state index in [2.05, 4.69) is 26.8 Å². The van der Waals surface area contributed by atoms with E-state index in [1.54, 1.807) is 6.33 Å². The van der Waals surface area contributed by atoms with Gasteiger partial charge in [0.2, 0.25) is 0 Å². The summed E-state index contributed by atoms with van der Waals surface area (Å²) >= 11 is 0. The van der Waals surface area contributed by atoms with Gasteiger partial charge in [0, 0.05) is 26.3 Å². The van der Waals surface area contributed by atoms with Crippen LogP contribution in [0.1, 0.15) is 13.3 Å². The number of ether oxygens (including phenoxy) is 1. The number of amides is 1. The summed E-state index contributed by atoms with van der Waals surface area (Å²) in [6.07, 6.45) is 4.40. The van der Waals surface area contributed by atoms with E-state index in [-0.39, 0.29) is 18.6 Å². The first-order chi connectivity index (χ1) is 13.6. The molecule has 0 radical (unpaired) electrons. The molecule has 28 heavy (non-hydrogen) atoms. The number of hydrogen-bond acceptors (Lipinski definition) is 5. The van der Waals surface area contributed by atoms with Crippen LogP contribution in [0.15, 0.2) is 48.9 Å². The molecular weight excluding hydrogens is 354 g/mol. The first-order valence-corrected chi connectivity index (χ1v) is 9.60. The molecule has 1 aromatic carbocycles. The van der Waals surface area contributed by atoms with Crippen LogP contribution in [0.3, 0.4) is 0 Å². The molecule has 146 valence electrons. The molecule has 0 spiro atoms. The van der Waals surface area contributed by atoms with E-state index < -0.39 is 0 Å². The predicted molar refractivity (Wildman–Crippen MR) is 108 cm³/mol. The van der Waals surface area contributed by atoms with Crippen LogP contribution in [-0.2, 0) is 4.79 Å². The summed E-state index contributed by atoms with van der Waals surface area (Å²) in [6, 6.07) is 11.6. The fourth-order valence-corrected chi connectivity index (χ4v) is 3.83. The van der Waals surface area contributed by atoms with E-state index in [4.69, 9.17) is 4.74 Å². The largest absolute Gasteiger partial charge is 0.484 e. The molecule has 1 saturated heterocycles. The van der Waals surface area contributed by atoms with Crippen molar-refractivity contribution in [3.05, 3.63) is 48.9 Å². The van der Waals surface area contributed by atoms with Crippen molar-refractivity contribution < 1.29 is 9.53 Å². The molecule has 7 heteroatoms. The van der Waals surface area contributed by atoms with Crippen molar-refractivity contribution in [3.8, 4) is 5.75 Å². The number of nitrogens with one attached hydrogen (secondary N) is 1. The summed E-state index contributed by atoms with van der Waals surface area (Å²) in [5.74, 6) is 2.07. The number of H-pyrrole nitrogens is 1. The molecule has 1 fully saturated rings. The molecule has 1 aliphatic rings. The topological polar surface area (TPSA) is 74.3 Å². The van der Waals surface area contributed by atoms with Gasteiger partial charge in [0.15, 0.2) is 6.61 Å². The molecule has 7 nitrogen and oxygen atoms in total. The van der Waals surface area contributed by atoms with Gasteiger partial charge >= 0.3 is 0 Å². The molecule has 4 rings (SSSR count). The minimum Gasteiger partial charge on any atom is -0.484 e. The number of benzene rings is 1. The quantitative estimate of drug-likeness (QED) is 0.738. The summed E-state index contributed by atoms with van der Waals surface area (Å²) in [5.41, 5.74) is 0.824. The SMILES string of the molecule is CC1CCN(C(=O)COc2ccccc2)CC1N(C)c1ncnc2[nH]ccc12. The third-order valence-electron chi connectivity index (χ3n) is 5.54. The summed E-state index contributed by atoms with van der Waals surface area (Å²) < 4.78 is 5.65. The third-order valence-corrected chi connectivity index (χ3v) is 5.54.